The second-order valence-electron chi connectivity index (χ2n) is 6.73. The van der Waals surface area contributed by atoms with E-state index in [4.69, 9.17) is 14.3 Å². The summed E-state index contributed by atoms with van der Waals surface area (Å²) in [5.74, 6) is -0.275. The van der Waals surface area contributed by atoms with Gasteiger partial charge in [-0.1, -0.05) is 6.07 Å². The second-order valence-corrected chi connectivity index (χ2v) is 6.73. The molecule has 2 heterocycles. The number of carboxylic acids is 1. The molecule has 1 aliphatic heterocycles. The van der Waals surface area contributed by atoms with E-state index in [1.54, 1.807) is 30.3 Å². The average molecular weight is 336 g/mol. The third-order valence-electron chi connectivity index (χ3n) is 4.28. The molecule has 25 heavy (non-hydrogen) atoms. The van der Waals surface area contributed by atoms with Crippen LogP contribution in [-0.4, -0.2) is 16.7 Å². The minimum absolute atomic E-state index is 0.123. The van der Waals surface area contributed by atoms with E-state index in [9.17, 15) is 9.59 Å². The average Bonchev–Trinajstić information content (AvgIpc) is 2.53. The second kappa shape index (κ2) is 5.21. The van der Waals surface area contributed by atoms with Crippen molar-refractivity contribution in [1.29, 1.82) is 0 Å². The molecule has 0 saturated carbocycles. The van der Waals surface area contributed by atoms with Crippen LogP contribution in [0.3, 0.4) is 0 Å². The molecule has 0 bridgehead atoms. The van der Waals surface area contributed by atoms with E-state index in [0.717, 1.165) is 5.56 Å². The number of fused-ring (bicyclic) bond motifs is 4. The molecule has 0 aliphatic carbocycles. The van der Waals surface area contributed by atoms with E-state index in [1.165, 1.54) is 0 Å². The lowest BCUT2D eigenvalue weighted by molar-refractivity contribution is -0.136. The standard InChI is InChI=1S/C20H16O5/c1-20(2)8-7-13-15(25-20)6-5-14-18(23)12-4-3-11(10-17(21)22)9-16(12)24-19(13)14/h3-9H,10H2,1-2H3,(H,21,22). The van der Waals surface area contributed by atoms with Crippen LogP contribution in [-0.2, 0) is 11.2 Å². The normalized spacial score (nSPS) is 15.1. The molecule has 1 aliphatic rings. The van der Waals surface area contributed by atoms with Gasteiger partial charge in [0, 0.05) is 0 Å². The molecule has 5 heteroatoms. The summed E-state index contributed by atoms with van der Waals surface area (Å²) in [6.07, 6.45) is 3.69. The summed E-state index contributed by atoms with van der Waals surface area (Å²) in [5.41, 5.74) is 1.57. The Morgan fingerprint density at radius 2 is 1.92 bits per heavy atom. The van der Waals surface area contributed by atoms with Crippen LogP contribution >= 0.6 is 0 Å². The first-order valence-corrected chi connectivity index (χ1v) is 7.96. The van der Waals surface area contributed by atoms with E-state index in [2.05, 4.69) is 0 Å². The number of benzene rings is 2. The number of hydrogen-bond acceptors (Lipinski definition) is 4. The lowest BCUT2D eigenvalue weighted by Gasteiger charge is -2.27. The quantitative estimate of drug-likeness (QED) is 0.721. The fourth-order valence-electron chi connectivity index (χ4n) is 3.10. The summed E-state index contributed by atoms with van der Waals surface area (Å²) in [6.45, 7) is 3.90. The van der Waals surface area contributed by atoms with Gasteiger partial charge in [0.25, 0.3) is 0 Å². The Morgan fingerprint density at radius 1 is 1.16 bits per heavy atom. The number of ether oxygens (including phenoxy) is 1. The first-order chi connectivity index (χ1) is 11.8. The predicted octanol–water partition coefficient (Wildman–Crippen LogP) is 3.76. The fourth-order valence-corrected chi connectivity index (χ4v) is 3.10. The molecule has 2 aromatic carbocycles. The zero-order valence-electron chi connectivity index (χ0n) is 13.8. The maximum absolute atomic E-state index is 12.8. The first-order valence-electron chi connectivity index (χ1n) is 7.96. The molecule has 0 saturated heterocycles. The van der Waals surface area contributed by atoms with Crippen LogP contribution in [0.2, 0.25) is 0 Å². The minimum atomic E-state index is -0.932. The maximum Gasteiger partial charge on any atom is 0.307 e. The molecule has 0 unspecified atom stereocenters. The highest BCUT2D eigenvalue weighted by Gasteiger charge is 2.24. The van der Waals surface area contributed by atoms with Crippen LogP contribution in [0.1, 0.15) is 25.0 Å². The fraction of sp³-hybridized carbons (Fsp3) is 0.200. The molecule has 0 spiro atoms. The summed E-state index contributed by atoms with van der Waals surface area (Å²) < 4.78 is 11.9. The number of carbonyl (C=O) groups is 1. The van der Waals surface area contributed by atoms with Gasteiger partial charge >= 0.3 is 5.97 Å². The molecule has 1 N–H and O–H groups in total. The highest BCUT2D eigenvalue weighted by Crippen LogP contribution is 2.36. The van der Waals surface area contributed by atoms with Gasteiger partial charge in [0.15, 0.2) is 0 Å². The van der Waals surface area contributed by atoms with E-state index in [0.29, 0.717) is 33.3 Å². The summed E-state index contributed by atoms with van der Waals surface area (Å²) in [5, 5.41) is 9.86. The van der Waals surface area contributed by atoms with E-state index in [-0.39, 0.29) is 11.8 Å². The van der Waals surface area contributed by atoms with E-state index < -0.39 is 11.6 Å². The highest BCUT2D eigenvalue weighted by atomic mass is 16.5. The van der Waals surface area contributed by atoms with Crippen molar-refractivity contribution >= 4 is 34.0 Å². The van der Waals surface area contributed by atoms with Crippen molar-refractivity contribution in [2.45, 2.75) is 25.9 Å². The van der Waals surface area contributed by atoms with Crippen molar-refractivity contribution in [3.05, 3.63) is 57.8 Å². The van der Waals surface area contributed by atoms with Crippen LogP contribution in [0.15, 0.2) is 45.6 Å². The highest BCUT2D eigenvalue weighted by molar-refractivity contribution is 5.95. The van der Waals surface area contributed by atoms with Gasteiger partial charge in [-0.2, -0.15) is 0 Å². The third kappa shape index (κ3) is 2.58. The van der Waals surface area contributed by atoms with Crippen molar-refractivity contribution in [3.8, 4) is 5.75 Å². The summed E-state index contributed by atoms with van der Waals surface area (Å²) >= 11 is 0. The number of aliphatic carboxylic acids is 1. The van der Waals surface area contributed by atoms with Gasteiger partial charge in [0.1, 0.15) is 22.5 Å². The number of carboxylic acid groups (broad SMARTS) is 1. The topological polar surface area (TPSA) is 76.7 Å². The molecule has 0 atom stereocenters. The summed E-state index contributed by atoms with van der Waals surface area (Å²) in [4.78, 5) is 23.7. The van der Waals surface area contributed by atoms with Crippen molar-refractivity contribution in [2.75, 3.05) is 0 Å². The lowest BCUT2D eigenvalue weighted by Crippen LogP contribution is -2.27. The Hall–Kier alpha value is -3.08. The first kappa shape index (κ1) is 15.4. The Balaban J connectivity index is 2.01. The van der Waals surface area contributed by atoms with Crippen LogP contribution in [0, 0.1) is 0 Å². The molecule has 3 aromatic rings. The van der Waals surface area contributed by atoms with Crippen molar-refractivity contribution in [2.24, 2.45) is 0 Å². The monoisotopic (exact) mass is 336 g/mol. The molecular weight excluding hydrogens is 320 g/mol. The molecule has 0 radical (unpaired) electrons. The van der Waals surface area contributed by atoms with Crippen LogP contribution in [0.5, 0.6) is 5.75 Å². The molecular formula is C20H16O5. The molecule has 5 nitrogen and oxygen atoms in total. The van der Waals surface area contributed by atoms with Gasteiger partial charge in [-0.15, -0.1) is 0 Å². The third-order valence-corrected chi connectivity index (χ3v) is 4.28. The zero-order chi connectivity index (χ0) is 17.8. The number of hydrogen-bond donors (Lipinski definition) is 1. The van der Waals surface area contributed by atoms with Gasteiger partial charge in [0.2, 0.25) is 5.43 Å². The molecule has 0 fully saturated rings. The molecule has 4 rings (SSSR count). The Kier molecular flexibility index (Phi) is 3.22. The zero-order valence-corrected chi connectivity index (χ0v) is 13.8. The molecule has 126 valence electrons. The van der Waals surface area contributed by atoms with Crippen LogP contribution < -0.4 is 10.2 Å². The van der Waals surface area contributed by atoms with Gasteiger partial charge in [-0.05, 0) is 55.8 Å². The largest absolute Gasteiger partial charge is 0.483 e. The van der Waals surface area contributed by atoms with E-state index >= 15 is 0 Å². The smallest absolute Gasteiger partial charge is 0.307 e. The minimum Gasteiger partial charge on any atom is -0.483 e. The Bertz CT molecular complexity index is 1120. The van der Waals surface area contributed by atoms with Crippen molar-refractivity contribution in [3.63, 3.8) is 0 Å². The van der Waals surface area contributed by atoms with Crippen molar-refractivity contribution < 1.29 is 19.1 Å². The predicted molar refractivity (Wildman–Crippen MR) is 95.1 cm³/mol. The van der Waals surface area contributed by atoms with Gasteiger partial charge < -0.3 is 14.3 Å². The Morgan fingerprint density at radius 3 is 2.68 bits per heavy atom. The maximum atomic E-state index is 12.8. The SMILES string of the molecule is CC1(C)C=Cc2c(ccc3c(=O)c4ccc(CC(=O)O)cc4oc23)O1. The van der Waals surface area contributed by atoms with Gasteiger partial charge in [-0.3, -0.25) is 9.59 Å². The van der Waals surface area contributed by atoms with Gasteiger partial charge in [0.05, 0.1) is 22.8 Å². The molecule has 0 amide bonds. The van der Waals surface area contributed by atoms with Crippen LogP contribution in [0.25, 0.3) is 28.0 Å². The van der Waals surface area contributed by atoms with Gasteiger partial charge in [-0.25, -0.2) is 0 Å². The molecule has 1 aromatic heterocycles. The van der Waals surface area contributed by atoms with Crippen LogP contribution in [0.4, 0.5) is 0 Å². The lowest BCUT2D eigenvalue weighted by atomic mass is 10.00. The summed E-state index contributed by atoms with van der Waals surface area (Å²) in [6, 6.07) is 8.36. The number of rotatable bonds is 2. The van der Waals surface area contributed by atoms with Crippen molar-refractivity contribution in [1.82, 2.24) is 0 Å². The summed E-state index contributed by atoms with van der Waals surface area (Å²) in [7, 11) is 0. The van der Waals surface area contributed by atoms with E-state index in [1.807, 2.05) is 26.0 Å². The Labute approximate surface area is 143 Å².